The van der Waals surface area contributed by atoms with Crippen molar-refractivity contribution in [1.29, 1.82) is 0 Å². The van der Waals surface area contributed by atoms with Crippen LogP contribution < -0.4 is 0 Å². The summed E-state index contributed by atoms with van der Waals surface area (Å²) in [6, 6.07) is 0. The van der Waals surface area contributed by atoms with E-state index in [2.05, 4.69) is 39.9 Å². The molecule has 0 aromatic carbocycles. The molecule has 0 saturated heterocycles. The molecule has 3 heteroatoms. The fraction of sp³-hybridized carbons (Fsp3) is 0.500. The van der Waals surface area contributed by atoms with Gasteiger partial charge in [-0.2, -0.15) is 0 Å². The summed E-state index contributed by atoms with van der Waals surface area (Å²) in [6.07, 6.45) is 5.25. The highest BCUT2D eigenvalue weighted by atomic mass is 127. The summed E-state index contributed by atoms with van der Waals surface area (Å²) in [4.78, 5) is 6.29. The largest absolute Gasteiger partial charge is 0.332 e. The molecule has 9 heavy (non-hydrogen) atoms. The Morgan fingerprint density at radius 1 is 1.78 bits per heavy atom. The Morgan fingerprint density at radius 2 is 2.56 bits per heavy atom. The Bertz CT molecular complexity index is 151. The molecular formula is C6H9IN2. The van der Waals surface area contributed by atoms with E-state index in [-0.39, 0.29) is 0 Å². The summed E-state index contributed by atoms with van der Waals surface area (Å²) in [7, 11) is 2.01. The summed E-state index contributed by atoms with van der Waals surface area (Å²) >= 11 is 2.23. The lowest BCUT2D eigenvalue weighted by Gasteiger charge is -2.08. The standard InChI is InChI=1S/C6H9IN2/c1-9-5-3-2-4-8-6(9)7/h3,5H,2,4H2,1H3. The molecule has 0 saturated carbocycles. The molecule has 1 aliphatic rings. The summed E-state index contributed by atoms with van der Waals surface area (Å²) in [6.45, 7) is 0.930. The predicted molar refractivity (Wildman–Crippen MR) is 47.8 cm³/mol. The molecule has 1 aliphatic heterocycles. The van der Waals surface area contributed by atoms with Crippen LogP contribution in [-0.4, -0.2) is 22.3 Å². The monoisotopic (exact) mass is 236 g/mol. The highest BCUT2D eigenvalue weighted by Crippen LogP contribution is 2.03. The SMILES string of the molecule is CN1C=CCCN=C1I. The number of nitrogens with zero attached hydrogens (tertiary/aromatic N) is 2. The summed E-state index contributed by atoms with van der Waals surface area (Å²) in [5.41, 5.74) is 0. The molecule has 0 N–H and O–H groups in total. The van der Waals surface area contributed by atoms with Crippen molar-refractivity contribution in [2.24, 2.45) is 4.99 Å². The van der Waals surface area contributed by atoms with Crippen LogP contribution in [0, 0.1) is 0 Å². The molecule has 0 amide bonds. The van der Waals surface area contributed by atoms with E-state index in [0.29, 0.717) is 0 Å². The minimum Gasteiger partial charge on any atom is -0.332 e. The Kier molecular flexibility index (Phi) is 2.50. The van der Waals surface area contributed by atoms with Crippen LogP contribution in [0.4, 0.5) is 0 Å². The number of rotatable bonds is 0. The molecule has 0 bridgehead atoms. The van der Waals surface area contributed by atoms with Crippen LogP contribution in [0.2, 0.25) is 0 Å². The van der Waals surface area contributed by atoms with Crippen LogP contribution in [-0.2, 0) is 0 Å². The van der Waals surface area contributed by atoms with Crippen LogP contribution >= 0.6 is 22.6 Å². The lowest BCUT2D eigenvalue weighted by molar-refractivity contribution is 0.708. The predicted octanol–water partition coefficient (Wildman–Crippen LogP) is 1.63. The van der Waals surface area contributed by atoms with Gasteiger partial charge in [0, 0.05) is 19.8 Å². The minimum atomic E-state index is 0.930. The first-order chi connectivity index (χ1) is 4.30. The molecule has 0 aliphatic carbocycles. The lowest BCUT2D eigenvalue weighted by Crippen LogP contribution is -2.13. The molecule has 0 fully saturated rings. The van der Waals surface area contributed by atoms with Crippen molar-refractivity contribution in [2.75, 3.05) is 13.6 Å². The third-order valence-corrected chi connectivity index (χ3v) is 2.26. The van der Waals surface area contributed by atoms with Crippen molar-refractivity contribution in [1.82, 2.24) is 4.90 Å². The van der Waals surface area contributed by atoms with Crippen molar-refractivity contribution in [2.45, 2.75) is 6.42 Å². The van der Waals surface area contributed by atoms with Gasteiger partial charge in [0.25, 0.3) is 0 Å². The Morgan fingerprint density at radius 3 is 3.33 bits per heavy atom. The second kappa shape index (κ2) is 3.20. The second-order valence-electron chi connectivity index (χ2n) is 1.94. The number of aliphatic imine (C=N–C) groups is 1. The summed E-state index contributed by atoms with van der Waals surface area (Å²) < 4.78 is 1.07. The third kappa shape index (κ3) is 1.97. The zero-order valence-electron chi connectivity index (χ0n) is 5.34. The fourth-order valence-electron chi connectivity index (χ4n) is 0.637. The van der Waals surface area contributed by atoms with Crippen LogP contribution in [0.5, 0.6) is 0 Å². The molecular weight excluding hydrogens is 227 g/mol. The van der Waals surface area contributed by atoms with Crippen molar-refractivity contribution in [3.05, 3.63) is 12.3 Å². The van der Waals surface area contributed by atoms with Crippen LogP contribution in [0.3, 0.4) is 0 Å². The van der Waals surface area contributed by atoms with Gasteiger partial charge < -0.3 is 4.90 Å². The normalized spacial score (nSPS) is 19.3. The molecule has 2 nitrogen and oxygen atoms in total. The van der Waals surface area contributed by atoms with Gasteiger partial charge in [0.05, 0.1) is 0 Å². The first-order valence-corrected chi connectivity index (χ1v) is 3.98. The van der Waals surface area contributed by atoms with Crippen molar-refractivity contribution < 1.29 is 0 Å². The molecule has 0 unspecified atom stereocenters. The van der Waals surface area contributed by atoms with E-state index in [1.54, 1.807) is 0 Å². The number of hydrogen-bond donors (Lipinski definition) is 0. The van der Waals surface area contributed by atoms with Gasteiger partial charge in [-0.15, -0.1) is 0 Å². The van der Waals surface area contributed by atoms with Gasteiger partial charge in [0.15, 0.2) is 3.84 Å². The van der Waals surface area contributed by atoms with Crippen molar-refractivity contribution in [3.63, 3.8) is 0 Å². The van der Waals surface area contributed by atoms with Crippen LogP contribution in [0.1, 0.15) is 6.42 Å². The molecule has 0 aromatic rings. The average molecular weight is 236 g/mol. The molecule has 0 spiro atoms. The number of hydrogen-bond acceptors (Lipinski definition) is 2. The highest BCUT2D eigenvalue weighted by Gasteiger charge is 1.98. The summed E-state index contributed by atoms with van der Waals surface area (Å²) in [5.74, 6) is 0. The first kappa shape index (κ1) is 7.05. The maximum atomic E-state index is 4.27. The molecule has 1 rings (SSSR count). The van der Waals surface area contributed by atoms with E-state index < -0.39 is 0 Å². The average Bonchev–Trinajstić information content (AvgIpc) is 1.99. The van der Waals surface area contributed by atoms with Gasteiger partial charge in [-0.05, 0) is 29.0 Å². The zero-order chi connectivity index (χ0) is 6.69. The topological polar surface area (TPSA) is 15.6 Å². The van der Waals surface area contributed by atoms with E-state index in [1.165, 1.54) is 0 Å². The Balaban J connectivity index is 2.66. The quantitative estimate of drug-likeness (QED) is 0.461. The van der Waals surface area contributed by atoms with Crippen LogP contribution in [0.15, 0.2) is 17.3 Å². The van der Waals surface area contributed by atoms with E-state index in [1.807, 2.05) is 11.9 Å². The van der Waals surface area contributed by atoms with E-state index >= 15 is 0 Å². The first-order valence-electron chi connectivity index (χ1n) is 2.90. The van der Waals surface area contributed by atoms with Gasteiger partial charge >= 0.3 is 0 Å². The van der Waals surface area contributed by atoms with E-state index in [9.17, 15) is 0 Å². The number of halogens is 1. The molecule has 1 heterocycles. The maximum Gasteiger partial charge on any atom is 0.166 e. The molecule has 0 atom stereocenters. The Labute approximate surface area is 68.8 Å². The smallest absolute Gasteiger partial charge is 0.166 e. The lowest BCUT2D eigenvalue weighted by atomic mass is 10.4. The Hall–Kier alpha value is -0.0600. The van der Waals surface area contributed by atoms with Crippen molar-refractivity contribution >= 4 is 26.4 Å². The molecule has 50 valence electrons. The van der Waals surface area contributed by atoms with Gasteiger partial charge in [-0.25, -0.2) is 0 Å². The second-order valence-corrected chi connectivity index (χ2v) is 2.90. The highest BCUT2D eigenvalue weighted by molar-refractivity contribution is 14.1. The fourth-order valence-corrected chi connectivity index (χ4v) is 1.04. The van der Waals surface area contributed by atoms with Gasteiger partial charge in [0.1, 0.15) is 0 Å². The van der Waals surface area contributed by atoms with Gasteiger partial charge in [-0.1, -0.05) is 6.08 Å². The van der Waals surface area contributed by atoms with Gasteiger partial charge in [-0.3, -0.25) is 4.99 Å². The van der Waals surface area contributed by atoms with Gasteiger partial charge in [0.2, 0.25) is 0 Å². The van der Waals surface area contributed by atoms with E-state index in [0.717, 1.165) is 16.8 Å². The molecule has 0 aromatic heterocycles. The zero-order valence-corrected chi connectivity index (χ0v) is 7.50. The minimum absolute atomic E-state index is 0.930. The van der Waals surface area contributed by atoms with Crippen molar-refractivity contribution in [3.8, 4) is 0 Å². The maximum absolute atomic E-state index is 4.27. The number of amidine groups is 1. The third-order valence-electron chi connectivity index (χ3n) is 1.16. The molecule has 0 radical (unpaired) electrons. The van der Waals surface area contributed by atoms with E-state index in [4.69, 9.17) is 0 Å². The van der Waals surface area contributed by atoms with Crippen LogP contribution in [0.25, 0.3) is 0 Å². The summed E-state index contributed by atoms with van der Waals surface area (Å²) in [5, 5.41) is 0.